The van der Waals surface area contributed by atoms with Crippen LogP contribution >= 0.6 is 0 Å². The van der Waals surface area contributed by atoms with Gasteiger partial charge in [0.05, 0.1) is 0 Å². The molecule has 0 aliphatic heterocycles. The third kappa shape index (κ3) is 4.87. The van der Waals surface area contributed by atoms with Gasteiger partial charge < -0.3 is 14.3 Å². The maximum Gasteiger partial charge on any atom is 0.347 e. The van der Waals surface area contributed by atoms with Crippen molar-refractivity contribution in [3.05, 3.63) is 95.6 Å². The van der Waals surface area contributed by atoms with Gasteiger partial charge in [-0.25, -0.2) is 4.79 Å². The molecule has 5 heteroatoms. The summed E-state index contributed by atoms with van der Waals surface area (Å²) < 4.78 is 10.8. The molecule has 3 rings (SSSR count). The van der Waals surface area contributed by atoms with E-state index in [2.05, 4.69) is 6.07 Å². The Labute approximate surface area is 177 Å². The minimum Gasteiger partial charge on any atom is -0.466 e. The molecule has 0 atom stereocenters. The van der Waals surface area contributed by atoms with Gasteiger partial charge in [-0.3, -0.25) is 0 Å². The summed E-state index contributed by atoms with van der Waals surface area (Å²) in [4.78, 5) is 24.7. The largest absolute Gasteiger partial charge is 0.466 e. The number of hydrogen-bond donors (Lipinski definition) is 0. The monoisotopic (exact) mass is 420 g/mol. The van der Waals surface area contributed by atoms with Crippen LogP contribution in [-0.2, 0) is 32.7 Å². The van der Waals surface area contributed by atoms with Crippen molar-refractivity contribution in [2.75, 3.05) is 0 Å². The summed E-state index contributed by atoms with van der Waals surface area (Å²) in [6.45, 7) is 1.85. The van der Waals surface area contributed by atoms with E-state index >= 15 is 0 Å². The summed E-state index contributed by atoms with van der Waals surface area (Å²) in [6.07, 6.45) is 0. The first kappa shape index (κ1) is 20.0. The smallest absolute Gasteiger partial charge is 0.347 e. The molecule has 0 aliphatic carbocycles. The number of aryl methyl sites for hydroxylation is 1. The van der Waals surface area contributed by atoms with Crippen LogP contribution in [0.25, 0.3) is 0 Å². The molecular formula is C21H15O4Y-. The number of ether oxygens (including phenoxy) is 2. The Morgan fingerprint density at radius 3 is 2.08 bits per heavy atom. The summed E-state index contributed by atoms with van der Waals surface area (Å²) in [5, 5.41) is 0. The van der Waals surface area contributed by atoms with Gasteiger partial charge in [-0.2, -0.15) is 0 Å². The SMILES string of the molecule is Cc1ccccc1OC(=O)c1ccccc1OC(=O)c1[c-]cccc1.[Y]. The Balaban J connectivity index is 0.00000243. The van der Waals surface area contributed by atoms with Crippen molar-refractivity contribution >= 4 is 11.9 Å². The first-order valence-electron chi connectivity index (χ1n) is 7.71. The van der Waals surface area contributed by atoms with Crippen molar-refractivity contribution < 1.29 is 51.8 Å². The van der Waals surface area contributed by atoms with Crippen LogP contribution in [0.2, 0.25) is 0 Å². The zero-order valence-corrected chi connectivity index (χ0v) is 17.0. The molecule has 0 heterocycles. The Kier molecular flexibility index (Phi) is 7.25. The van der Waals surface area contributed by atoms with Crippen LogP contribution in [0, 0.1) is 13.0 Å². The van der Waals surface area contributed by atoms with E-state index in [1.165, 1.54) is 0 Å². The molecule has 0 aliphatic rings. The van der Waals surface area contributed by atoms with Gasteiger partial charge in [0.1, 0.15) is 17.1 Å². The fourth-order valence-corrected chi connectivity index (χ4v) is 2.23. The molecule has 0 saturated carbocycles. The van der Waals surface area contributed by atoms with E-state index in [-0.39, 0.29) is 49.6 Å². The molecule has 0 amide bonds. The molecule has 0 aromatic heterocycles. The van der Waals surface area contributed by atoms with Crippen LogP contribution in [0.3, 0.4) is 0 Å². The minimum atomic E-state index is -0.588. The summed E-state index contributed by atoms with van der Waals surface area (Å²) in [5.74, 6) is -0.570. The third-order valence-corrected chi connectivity index (χ3v) is 3.53. The Morgan fingerprint density at radius 1 is 0.769 bits per heavy atom. The van der Waals surface area contributed by atoms with Crippen molar-refractivity contribution in [1.82, 2.24) is 0 Å². The fraction of sp³-hybridized carbons (Fsp3) is 0.0476. The third-order valence-electron chi connectivity index (χ3n) is 3.53. The number of carbonyl (C=O) groups excluding carboxylic acids is 2. The second-order valence-corrected chi connectivity index (χ2v) is 5.32. The maximum absolute atomic E-state index is 12.5. The van der Waals surface area contributed by atoms with Crippen molar-refractivity contribution in [3.63, 3.8) is 0 Å². The van der Waals surface area contributed by atoms with E-state index in [9.17, 15) is 9.59 Å². The molecule has 1 radical (unpaired) electrons. The quantitative estimate of drug-likeness (QED) is 0.360. The van der Waals surface area contributed by atoms with Gasteiger partial charge in [-0.05, 0) is 30.7 Å². The Morgan fingerprint density at radius 2 is 1.38 bits per heavy atom. The van der Waals surface area contributed by atoms with Crippen molar-refractivity contribution in [1.29, 1.82) is 0 Å². The van der Waals surface area contributed by atoms with Gasteiger partial charge in [0.25, 0.3) is 5.97 Å². The van der Waals surface area contributed by atoms with Crippen molar-refractivity contribution in [2.45, 2.75) is 6.92 Å². The summed E-state index contributed by atoms with van der Waals surface area (Å²) in [6, 6.07) is 23.1. The molecule has 0 spiro atoms. The van der Waals surface area contributed by atoms with Gasteiger partial charge in [0.15, 0.2) is 0 Å². The summed E-state index contributed by atoms with van der Waals surface area (Å²) in [5.41, 5.74) is 1.30. The second kappa shape index (κ2) is 9.41. The van der Waals surface area contributed by atoms with Gasteiger partial charge in [0, 0.05) is 32.7 Å². The van der Waals surface area contributed by atoms with Crippen LogP contribution < -0.4 is 9.47 Å². The molecule has 0 bridgehead atoms. The molecule has 3 aromatic carbocycles. The molecule has 0 unspecified atom stereocenters. The molecular weight excluding hydrogens is 405 g/mol. The predicted octanol–water partition coefficient (Wildman–Crippen LogP) is 4.23. The standard InChI is InChI=1S/C21H15O4.Y/c1-15-9-5-7-13-18(15)24-21(23)17-12-6-8-14-19(17)25-20(22)16-10-3-2-4-11-16;/h2-10,12-14H,1H3;/q-1;. The molecule has 127 valence electrons. The topological polar surface area (TPSA) is 52.6 Å². The number of hydrogen-bond acceptors (Lipinski definition) is 4. The van der Waals surface area contributed by atoms with Crippen LogP contribution in [0.1, 0.15) is 26.3 Å². The molecule has 0 N–H and O–H groups in total. The molecule has 26 heavy (non-hydrogen) atoms. The predicted molar refractivity (Wildman–Crippen MR) is 92.8 cm³/mol. The first-order chi connectivity index (χ1) is 12.1. The number of rotatable bonds is 4. The van der Waals surface area contributed by atoms with E-state index in [0.29, 0.717) is 5.75 Å². The number of esters is 2. The van der Waals surface area contributed by atoms with E-state index in [1.54, 1.807) is 60.7 Å². The molecule has 0 saturated heterocycles. The average Bonchev–Trinajstić information content (AvgIpc) is 2.64. The van der Waals surface area contributed by atoms with Gasteiger partial charge in [-0.1, -0.05) is 35.9 Å². The van der Waals surface area contributed by atoms with Crippen molar-refractivity contribution in [2.24, 2.45) is 0 Å². The average molecular weight is 420 g/mol. The minimum absolute atomic E-state index is 0. The van der Waals surface area contributed by atoms with Gasteiger partial charge in [0.2, 0.25) is 0 Å². The molecule has 0 fully saturated rings. The van der Waals surface area contributed by atoms with Gasteiger partial charge >= 0.3 is 5.97 Å². The van der Waals surface area contributed by atoms with E-state index in [0.717, 1.165) is 5.56 Å². The van der Waals surface area contributed by atoms with Gasteiger partial charge in [-0.15, -0.1) is 30.3 Å². The number of carbonyl (C=O) groups is 2. The van der Waals surface area contributed by atoms with E-state index < -0.39 is 11.9 Å². The number of para-hydroxylation sites is 2. The zero-order chi connectivity index (χ0) is 17.6. The Hall–Kier alpha value is -2.30. The van der Waals surface area contributed by atoms with Crippen LogP contribution in [0.5, 0.6) is 11.5 Å². The van der Waals surface area contributed by atoms with E-state index in [4.69, 9.17) is 9.47 Å². The van der Waals surface area contributed by atoms with Crippen molar-refractivity contribution in [3.8, 4) is 11.5 Å². The first-order valence-corrected chi connectivity index (χ1v) is 7.71. The second-order valence-electron chi connectivity index (χ2n) is 5.32. The van der Waals surface area contributed by atoms with E-state index in [1.807, 2.05) is 19.1 Å². The normalized spacial score (nSPS) is 9.73. The number of benzene rings is 3. The molecule has 4 nitrogen and oxygen atoms in total. The van der Waals surface area contributed by atoms with Crippen LogP contribution in [0.4, 0.5) is 0 Å². The van der Waals surface area contributed by atoms with Crippen LogP contribution in [-0.4, -0.2) is 11.9 Å². The zero-order valence-electron chi connectivity index (χ0n) is 14.1. The summed E-state index contributed by atoms with van der Waals surface area (Å²) >= 11 is 0. The summed E-state index contributed by atoms with van der Waals surface area (Å²) in [7, 11) is 0. The Bertz CT molecular complexity index is 907. The fourth-order valence-electron chi connectivity index (χ4n) is 2.23. The van der Waals surface area contributed by atoms with Crippen LogP contribution in [0.15, 0.2) is 72.8 Å². The maximum atomic E-state index is 12.5. The molecule has 3 aromatic rings.